The van der Waals surface area contributed by atoms with E-state index >= 15 is 0 Å². The number of carbonyl (C=O) groups excluding carboxylic acids is 2. The molecular weight excluding hydrogens is 334 g/mol. The second kappa shape index (κ2) is 8.25. The van der Waals surface area contributed by atoms with Crippen LogP contribution in [0.4, 0.5) is 0 Å². The van der Waals surface area contributed by atoms with E-state index < -0.39 is 11.9 Å². The van der Waals surface area contributed by atoms with E-state index in [1.807, 2.05) is 52.0 Å². The number of carbonyl (C=O) groups is 2. The van der Waals surface area contributed by atoms with Gasteiger partial charge in [-0.15, -0.1) is 11.3 Å². The van der Waals surface area contributed by atoms with Crippen molar-refractivity contribution in [2.45, 2.75) is 46.6 Å². The zero-order valence-electron chi connectivity index (χ0n) is 15.1. The summed E-state index contributed by atoms with van der Waals surface area (Å²) < 4.78 is 0. The first-order valence-electron chi connectivity index (χ1n) is 8.43. The third-order valence-electron chi connectivity index (χ3n) is 4.29. The minimum atomic E-state index is -0.644. The van der Waals surface area contributed by atoms with Crippen LogP contribution in [-0.4, -0.2) is 22.8 Å². The molecule has 0 aliphatic heterocycles. The van der Waals surface area contributed by atoms with E-state index in [1.165, 1.54) is 16.9 Å². The number of benzene rings is 1. The number of nitrogens with one attached hydrogen (secondary N) is 1. The predicted molar refractivity (Wildman–Crippen MR) is 101 cm³/mol. The van der Waals surface area contributed by atoms with Gasteiger partial charge in [-0.2, -0.15) is 0 Å². The van der Waals surface area contributed by atoms with Gasteiger partial charge in [0.25, 0.3) is 0 Å². The lowest BCUT2D eigenvalue weighted by Crippen LogP contribution is -2.48. The minimum absolute atomic E-state index is 0.00113. The number of nitrogens with two attached hydrogens (primary N) is 1. The van der Waals surface area contributed by atoms with Crippen LogP contribution in [0.3, 0.4) is 0 Å². The molecule has 0 aliphatic rings. The highest BCUT2D eigenvalue weighted by atomic mass is 32.1. The molecule has 25 heavy (non-hydrogen) atoms. The standard InChI is InChI=1S/C19H25N3O2S/c1-5-12(3)17(19(20)24)22-16(23)10-15-18(21-13(4)25-15)14-8-6-11(2)7-9-14/h6-9,12,17H,5,10H2,1-4H3,(H2,20,24)(H,22,23). The van der Waals surface area contributed by atoms with Gasteiger partial charge < -0.3 is 11.1 Å². The Morgan fingerprint density at radius 2 is 1.88 bits per heavy atom. The molecule has 0 radical (unpaired) electrons. The van der Waals surface area contributed by atoms with Gasteiger partial charge in [-0.05, 0) is 19.8 Å². The fraction of sp³-hybridized carbons (Fsp3) is 0.421. The molecule has 0 bridgehead atoms. The lowest BCUT2D eigenvalue weighted by atomic mass is 9.98. The van der Waals surface area contributed by atoms with Gasteiger partial charge in [0.15, 0.2) is 0 Å². The average Bonchev–Trinajstić information content (AvgIpc) is 2.92. The monoisotopic (exact) mass is 359 g/mol. The van der Waals surface area contributed by atoms with Crippen molar-refractivity contribution >= 4 is 23.2 Å². The molecule has 134 valence electrons. The highest BCUT2D eigenvalue weighted by molar-refractivity contribution is 7.12. The smallest absolute Gasteiger partial charge is 0.240 e. The maximum absolute atomic E-state index is 12.5. The van der Waals surface area contributed by atoms with Gasteiger partial charge in [-0.25, -0.2) is 4.98 Å². The van der Waals surface area contributed by atoms with E-state index in [2.05, 4.69) is 10.3 Å². The summed E-state index contributed by atoms with van der Waals surface area (Å²) in [6.07, 6.45) is 0.955. The number of aryl methyl sites for hydroxylation is 2. The molecule has 2 atom stereocenters. The third-order valence-corrected chi connectivity index (χ3v) is 5.26. The fourth-order valence-corrected chi connectivity index (χ4v) is 3.58. The Bertz CT molecular complexity index is 753. The molecule has 2 aromatic rings. The van der Waals surface area contributed by atoms with Crippen molar-refractivity contribution in [1.29, 1.82) is 0 Å². The summed E-state index contributed by atoms with van der Waals surface area (Å²) in [6.45, 7) is 7.83. The number of hydrogen-bond acceptors (Lipinski definition) is 4. The Hall–Kier alpha value is -2.21. The number of primary amides is 1. The molecule has 3 N–H and O–H groups in total. The number of thiazole rings is 1. The quantitative estimate of drug-likeness (QED) is 0.797. The van der Waals surface area contributed by atoms with Crippen LogP contribution in [0.25, 0.3) is 11.3 Å². The number of amides is 2. The van der Waals surface area contributed by atoms with Crippen molar-refractivity contribution in [3.05, 3.63) is 39.7 Å². The first-order valence-corrected chi connectivity index (χ1v) is 9.25. The Morgan fingerprint density at radius 3 is 2.44 bits per heavy atom. The van der Waals surface area contributed by atoms with E-state index in [9.17, 15) is 9.59 Å². The summed E-state index contributed by atoms with van der Waals surface area (Å²) >= 11 is 1.50. The van der Waals surface area contributed by atoms with Crippen molar-refractivity contribution in [3.8, 4) is 11.3 Å². The average molecular weight is 359 g/mol. The first kappa shape index (κ1) is 19.1. The van der Waals surface area contributed by atoms with E-state index in [-0.39, 0.29) is 18.2 Å². The van der Waals surface area contributed by atoms with E-state index in [0.29, 0.717) is 0 Å². The van der Waals surface area contributed by atoms with Gasteiger partial charge in [0.1, 0.15) is 6.04 Å². The summed E-state index contributed by atoms with van der Waals surface area (Å²) in [5.74, 6) is -0.704. The van der Waals surface area contributed by atoms with Crippen molar-refractivity contribution < 1.29 is 9.59 Å². The van der Waals surface area contributed by atoms with E-state index in [0.717, 1.165) is 27.6 Å². The maximum atomic E-state index is 12.5. The second-order valence-electron chi connectivity index (χ2n) is 6.38. The third kappa shape index (κ3) is 4.89. The van der Waals surface area contributed by atoms with Gasteiger partial charge in [-0.3, -0.25) is 9.59 Å². The highest BCUT2D eigenvalue weighted by Crippen LogP contribution is 2.28. The molecule has 2 amide bonds. The Labute approximate surface area is 152 Å². The van der Waals surface area contributed by atoms with Crippen LogP contribution < -0.4 is 11.1 Å². The normalized spacial score (nSPS) is 13.3. The summed E-state index contributed by atoms with van der Waals surface area (Å²) in [7, 11) is 0. The molecule has 2 unspecified atom stereocenters. The zero-order valence-corrected chi connectivity index (χ0v) is 15.9. The summed E-state index contributed by atoms with van der Waals surface area (Å²) in [5, 5.41) is 3.69. The van der Waals surface area contributed by atoms with Crippen molar-refractivity contribution in [2.75, 3.05) is 0 Å². The van der Waals surface area contributed by atoms with Crippen molar-refractivity contribution in [3.63, 3.8) is 0 Å². The van der Waals surface area contributed by atoms with Crippen LogP contribution >= 0.6 is 11.3 Å². The number of aromatic nitrogens is 1. The molecule has 0 fully saturated rings. The molecule has 5 nitrogen and oxygen atoms in total. The minimum Gasteiger partial charge on any atom is -0.368 e. The molecular formula is C19H25N3O2S. The number of hydrogen-bond donors (Lipinski definition) is 2. The lowest BCUT2D eigenvalue weighted by molar-refractivity contribution is -0.128. The maximum Gasteiger partial charge on any atom is 0.240 e. The Kier molecular flexibility index (Phi) is 6.31. The SMILES string of the molecule is CCC(C)C(NC(=O)Cc1sc(C)nc1-c1ccc(C)cc1)C(N)=O. The molecule has 1 heterocycles. The molecule has 0 saturated carbocycles. The Morgan fingerprint density at radius 1 is 1.24 bits per heavy atom. The topological polar surface area (TPSA) is 85.1 Å². The summed E-state index contributed by atoms with van der Waals surface area (Å²) in [6, 6.07) is 7.43. The number of nitrogens with zero attached hydrogens (tertiary/aromatic N) is 1. The number of rotatable bonds is 7. The van der Waals surface area contributed by atoms with Gasteiger partial charge >= 0.3 is 0 Å². The fourth-order valence-electron chi connectivity index (χ4n) is 2.63. The molecule has 2 rings (SSSR count). The van der Waals surface area contributed by atoms with Crippen LogP contribution in [0, 0.1) is 19.8 Å². The largest absolute Gasteiger partial charge is 0.368 e. The van der Waals surface area contributed by atoms with Crippen LogP contribution in [0.1, 0.15) is 35.7 Å². The van der Waals surface area contributed by atoms with Crippen molar-refractivity contribution in [2.24, 2.45) is 11.7 Å². The van der Waals surface area contributed by atoms with Crippen LogP contribution in [0.5, 0.6) is 0 Å². The molecule has 0 spiro atoms. The van der Waals surface area contributed by atoms with Crippen LogP contribution in [0.15, 0.2) is 24.3 Å². The van der Waals surface area contributed by atoms with Crippen LogP contribution in [-0.2, 0) is 16.0 Å². The zero-order chi connectivity index (χ0) is 18.6. The van der Waals surface area contributed by atoms with Crippen molar-refractivity contribution in [1.82, 2.24) is 10.3 Å². The second-order valence-corrected chi connectivity index (χ2v) is 7.67. The molecule has 0 aliphatic carbocycles. The lowest BCUT2D eigenvalue weighted by Gasteiger charge is -2.21. The summed E-state index contributed by atoms with van der Waals surface area (Å²) in [4.78, 5) is 29.5. The Balaban J connectivity index is 2.18. The summed E-state index contributed by atoms with van der Waals surface area (Å²) in [5.41, 5.74) is 8.43. The van der Waals surface area contributed by atoms with Gasteiger partial charge in [0.05, 0.1) is 17.1 Å². The van der Waals surface area contributed by atoms with Gasteiger partial charge in [-0.1, -0.05) is 50.1 Å². The molecule has 0 saturated heterocycles. The predicted octanol–water partition coefficient (Wildman–Crippen LogP) is 2.99. The van der Waals surface area contributed by atoms with E-state index in [1.54, 1.807) is 0 Å². The molecule has 6 heteroatoms. The first-order chi connectivity index (χ1) is 11.8. The van der Waals surface area contributed by atoms with Gasteiger partial charge in [0.2, 0.25) is 11.8 Å². The molecule has 1 aromatic carbocycles. The van der Waals surface area contributed by atoms with Crippen LogP contribution in [0.2, 0.25) is 0 Å². The van der Waals surface area contributed by atoms with Gasteiger partial charge in [0, 0.05) is 10.4 Å². The molecule has 1 aromatic heterocycles. The highest BCUT2D eigenvalue weighted by Gasteiger charge is 2.24. The van der Waals surface area contributed by atoms with E-state index in [4.69, 9.17) is 5.73 Å².